The Morgan fingerprint density at radius 2 is 1.60 bits per heavy atom. The van der Waals surface area contributed by atoms with Gasteiger partial charge in [-0.1, -0.05) is 0 Å². The molecule has 0 heterocycles. The Kier molecular flexibility index (Phi) is 3.83. The second-order valence-corrected chi connectivity index (χ2v) is 4.03. The van der Waals surface area contributed by atoms with Crippen LogP contribution in [0.4, 0.5) is 5.69 Å². The number of benzene rings is 1. The van der Waals surface area contributed by atoms with Crippen molar-refractivity contribution in [1.82, 2.24) is 0 Å². The molecule has 0 aliphatic rings. The molecule has 0 radical (unpaired) electrons. The third-order valence-corrected chi connectivity index (χ3v) is 1.72. The van der Waals surface area contributed by atoms with Crippen LogP contribution in [-0.2, 0) is 0 Å². The molecule has 2 N–H and O–H groups in total. The molecule has 0 aliphatic heterocycles. The summed E-state index contributed by atoms with van der Waals surface area (Å²) in [6, 6.07) is 5.48. The van der Waals surface area contributed by atoms with Gasteiger partial charge in [-0.3, -0.25) is 0 Å². The van der Waals surface area contributed by atoms with Gasteiger partial charge in [-0.25, -0.2) is 0 Å². The quantitative estimate of drug-likeness (QED) is 0.775. The number of nitrogen functional groups attached to an aromatic ring is 1. The number of anilines is 1. The Bertz CT molecular complexity index is 321. The van der Waals surface area contributed by atoms with E-state index in [2.05, 4.69) is 0 Å². The molecule has 1 aromatic rings. The van der Waals surface area contributed by atoms with Crippen molar-refractivity contribution in [1.29, 1.82) is 0 Å². The average molecular weight is 209 g/mol. The van der Waals surface area contributed by atoms with Crippen LogP contribution in [0.1, 0.15) is 27.7 Å². The van der Waals surface area contributed by atoms with Gasteiger partial charge in [0.2, 0.25) is 0 Å². The van der Waals surface area contributed by atoms with Crippen molar-refractivity contribution in [3.05, 3.63) is 18.2 Å². The molecular weight excluding hydrogens is 190 g/mol. The highest BCUT2D eigenvalue weighted by Crippen LogP contribution is 2.28. The van der Waals surface area contributed by atoms with E-state index in [9.17, 15) is 0 Å². The monoisotopic (exact) mass is 209 g/mol. The fraction of sp³-hybridized carbons (Fsp3) is 0.500. The molecule has 0 aromatic heterocycles. The molecule has 3 nitrogen and oxygen atoms in total. The van der Waals surface area contributed by atoms with Gasteiger partial charge in [-0.15, -0.1) is 0 Å². The van der Waals surface area contributed by atoms with Gasteiger partial charge in [0.25, 0.3) is 0 Å². The standard InChI is InChI=1S/C12H19NO2/c1-8(2)14-10-5-6-11(13)12(7-10)15-9(3)4/h5-9H,13H2,1-4H3. The van der Waals surface area contributed by atoms with Crippen molar-refractivity contribution in [3.63, 3.8) is 0 Å². The Balaban J connectivity index is 2.85. The molecular formula is C12H19NO2. The van der Waals surface area contributed by atoms with Gasteiger partial charge in [0.15, 0.2) is 0 Å². The summed E-state index contributed by atoms with van der Waals surface area (Å²) in [5.41, 5.74) is 6.43. The summed E-state index contributed by atoms with van der Waals surface area (Å²) in [5.74, 6) is 1.47. The molecule has 0 amide bonds. The first kappa shape index (κ1) is 11.7. The highest BCUT2D eigenvalue weighted by molar-refractivity contribution is 5.55. The predicted octanol–water partition coefficient (Wildman–Crippen LogP) is 2.84. The lowest BCUT2D eigenvalue weighted by molar-refractivity contribution is 0.230. The number of ether oxygens (including phenoxy) is 2. The lowest BCUT2D eigenvalue weighted by Crippen LogP contribution is -2.09. The van der Waals surface area contributed by atoms with E-state index in [0.717, 1.165) is 5.75 Å². The zero-order valence-corrected chi connectivity index (χ0v) is 9.78. The fourth-order valence-electron chi connectivity index (χ4n) is 1.22. The van der Waals surface area contributed by atoms with Crippen LogP contribution in [-0.4, -0.2) is 12.2 Å². The molecule has 0 unspecified atom stereocenters. The highest BCUT2D eigenvalue weighted by Gasteiger charge is 2.06. The largest absolute Gasteiger partial charge is 0.491 e. The molecule has 0 saturated carbocycles. The first-order valence-corrected chi connectivity index (χ1v) is 5.22. The minimum Gasteiger partial charge on any atom is -0.491 e. The highest BCUT2D eigenvalue weighted by atomic mass is 16.5. The first-order chi connectivity index (χ1) is 6.99. The molecule has 1 rings (SSSR count). The zero-order chi connectivity index (χ0) is 11.4. The molecule has 0 bridgehead atoms. The van der Waals surface area contributed by atoms with Crippen molar-refractivity contribution in [2.75, 3.05) is 5.73 Å². The molecule has 0 atom stereocenters. The predicted molar refractivity (Wildman–Crippen MR) is 62.4 cm³/mol. The number of hydrogen-bond acceptors (Lipinski definition) is 3. The normalized spacial score (nSPS) is 10.8. The van der Waals surface area contributed by atoms with Crippen LogP contribution in [0, 0.1) is 0 Å². The Morgan fingerprint density at radius 1 is 1.00 bits per heavy atom. The fourth-order valence-corrected chi connectivity index (χ4v) is 1.22. The van der Waals surface area contributed by atoms with Crippen LogP contribution in [0.3, 0.4) is 0 Å². The summed E-state index contributed by atoms with van der Waals surface area (Å²) in [4.78, 5) is 0. The van der Waals surface area contributed by atoms with Crippen molar-refractivity contribution in [2.45, 2.75) is 39.9 Å². The second kappa shape index (κ2) is 4.91. The van der Waals surface area contributed by atoms with Gasteiger partial charge in [-0.2, -0.15) is 0 Å². The number of nitrogens with two attached hydrogens (primary N) is 1. The minimum atomic E-state index is 0.113. The SMILES string of the molecule is CC(C)Oc1ccc(N)c(OC(C)C)c1. The van der Waals surface area contributed by atoms with E-state index < -0.39 is 0 Å². The van der Waals surface area contributed by atoms with Crippen LogP contribution >= 0.6 is 0 Å². The lowest BCUT2D eigenvalue weighted by atomic mass is 10.2. The van der Waals surface area contributed by atoms with Crippen LogP contribution in [0.15, 0.2) is 18.2 Å². The summed E-state index contributed by atoms with van der Waals surface area (Å²) in [5, 5.41) is 0. The van der Waals surface area contributed by atoms with E-state index >= 15 is 0 Å². The van der Waals surface area contributed by atoms with E-state index in [1.165, 1.54) is 0 Å². The molecule has 0 fully saturated rings. The summed E-state index contributed by atoms with van der Waals surface area (Å²) in [6.45, 7) is 7.91. The van der Waals surface area contributed by atoms with E-state index in [-0.39, 0.29) is 12.2 Å². The molecule has 0 aliphatic carbocycles. The summed E-state index contributed by atoms with van der Waals surface area (Å²) < 4.78 is 11.1. The van der Waals surface area contributed by atoms with Gasteiger partial charge in [0.05, 0.1) is 17.9 Å². The summed E-state index contributed by atoms with van der Waals surface area (Å²) in [6.07, 6.45) is 0.266. The van der Waals surface area contributed by atoms with Crippen molar-refractivity contribution < 1.29 is 9.47 Å². The van der Waals surface area contributed by atoms with E-state index in [4.69, 9.17) is 15.2 Å². The van der Waals surface area contributed by atoms with Gasteiger partial charge in [0.1, 0.15) is 11.5 Å². The van der Waals surface area contributed by atoms with Crippen molar-refractivity contribution in [3.8, 4) is 11.5 Å². The Hall–Kier alpha value is -1.38. The average Bonchev–Trinajstić information content (AvgIpc) is 2.09. The zero-order valence-electron chi connectivity index (χ0n) is 9.78. The van der Waals surface area contributed by atoms with Gasteiger partial charge in [-0.05, 0) is 39.8 Å². The summed E-state index contributed by atoms with van der Waals surface area (Å²) in [7, 11) is 0. The number of hydrogen-bond donors (Lipinski definition) is 1. The van der Waals surface area contributed by atoms with Gasteiger partial charge >= 0.3 is 0 Å². The van der Waals surface area contributed by atoms with Crippen molar-refractivity contribution >= 4 is 5.69 Å². The Morgan fingerprint density at radius 3 is 2.13 bits per heavy atom. The van der Waals surface area contributed by atoms with Crippen LogP contribution < -0.4 is 15.2 Å². The van der Waals surface area contributed by atoms with Crippen LogP contribution in [0.25, 0.3) is 0 Å². The van der Waals surface area contributed by atoms with Gasteiger partial charge in [0, 0.05) is 6.07 Å². The van der Waals surface area contributed by atoms with Gasteiger partial charge < -0.3 is 15.2 Å². The molecule has 1 aromatic carbocycles. The maximum atomic E-state index is 5.79. The van der Waals surface area contributed by atoms with Crippen LogP contribution in [0.2, 0.25) is 0 Å². The maximum absolute atomic E-state index is 5.79. The summed E-state index contributed by atoms with van der Waals surface area (Å²) >= 11 is 0. The third-order valence-electron chi connectivity index (χ3n) is 1.72. The first-order valence-electron chi connectivity index (χ1n) is 5.22. The van der Waals surface area contributed by atoms with E-state index in [1.54, 1.807) is 6.07 Å². The third kappa shape index (κ3) is 3.70. The molecule has 84 valence electrons. The van der Waals surface area contributed by atoms with Crippen LogP contribution in [0.5, 0.6) is 11.5 Å². The molecule has 0 spiro atoms. The second-order valence-electron chi connectivity index (χ2n) is 4.03. The van der Waals surface area contributed by atoms with E-state index in [0.29, 0.717) is 11.4 Å². The minimum absolute atomic E-state index is 0.113. The molecule has 3 heteroatoms. The Labute approximate surface area is 91.2 Å². The maximum Gasteiger partial charge on any atom is 0.146 e. The van der Waals surface area contributed by atoms with Crippen molar-refractivity contribution in [2.24, 2.45) is 0 Å². The topological polar surface area (TPSA) is 44.5 Å². The molecule has 15 heavy (non-hydrogen) atoms. The smallest absolute Gasteiger partial charge is 0.146 e. The lowest BCUT2D eigenvalue weighted by Gasteiger charge is -2.15. The number of rotatable bonds is 4. The van der Waals surface area contributed by atoms with E-state index in [1.807, 2.05) is 39.8 Å². The molecule has 0 saturated heterocycles.